The highest BCUT2D eigenvalue weighted by molar-refractivity contribution is 5.92. The number of primary amides is 1. The summed E-state index contributed by atoms with van der Waals surface area (Å²) in [7, 11) is 0. The van der Waals surface area contributed by atoms with E-state index >= 15 is 0 Å². The molecule has 1 saturated heterocycles. The summed E-state index contributed by atoms with van der Waals surface area (Å²) in [5, 5.41) is 0. The van der Waals surface area contributed by atoms with Gasteiger partial charge in [-0.15, -0.1) is 0 Å². The summed E-state index contributed by atoms with van der Waals surface area (Å²) in [5.74, 6) is 1.39. The first-order valence-electron chi connectivity index (χ1n) is 8.81. The van der Waals surface area contributed by atoms with Gasteiger partial charge in [-0.1, -0.05) is 19.1 Å². The molecule has 1 aromatic carbocycles. The van der Waals surface area contributed by atoms with Crippen LogP contribution in [-0.2, 0) is 0 Å². The van der Waals surface area contributed by atoms with Crippen molar-refractivity contribution in [2.45, 2.75) is 19.8 Å². The Morgan fingerprint density at radius 3 is 2.60 bits per heavy atom. The van der Waals surface area contributed by atoms with E-state index < -0.39 is 5.91 Å². The second-order valence-corrected chi connectivity index (χ2v) is 6.82. The highest BCUT2D eigenvalue weighted by Crippen LogP contribution is 2.44. The summed E-state index contributed by atoms with van der Waals surface area (Å²) in [6.07, 6.45) is 4.25. The van der Waals surface area contributed by atoms with Crippen LogP contribution in [0.1, 0.15) is 30.1 Å². The number of nitrogens with two attached hydrogens (primary N) is 1. The highest BCUT2D eigenvalue weighted by atomic mass is 19.1. The largest absolute Gasteiger partial charge is 0.366 e. The number of hydrogen-bond acceptors (Lipinski definition) is 3. The van der Waals surface area contributed by atoms with E-state index in [4.69, 9.17) is 5.73 Å². The molecule has 0 spiro atoms. The Kier molecular flexibility index (Phi) is 5.43. The van der Waals surface area contributed by atoms with Crippen molar-refractivity contribution < 1.29 is 9.18 Å². The van der Waals surface area contributed by atoms with E-state index in [0.717, 1.165) is 11.8 Å². The van der Waals surface area contributed by atoms with E-state index in [1.807, 2.05) is 0 Å². The van der Waals surface area contributed by atoms with E-state index in [1.165, 1.54) is 44.4 Å². The number of carbonyl (C=O) groups is 1. The molecule has 2 fully saturated rings. The first-order chi connectivity index (χ1) is 12.1. The molecule has 2 atom stereocenters. The molecule has 4 nitrogen and oxygen atoms in total. The summed E-state index contributed by atoms with van der Waals surface area (Å²) in [5.41, 5.74) is 6.69. The molecule has 1 amide bonds. The number of carbonyl (C=O) groups excluding carboxylic acids is 1. The Morgan fingerprint density at radius 2 is 2.04 bits per heavy atom. The van der Waals surface area contributed by atoms with Crippen LogP contribution in [0.4, 0.5) is 4.39 Å². The minimum Gasteiger partial charge on any atom is -0.366 e. The van der Waals surface area contributed by atoms with Crippen LogP contribution in [0.3, 0.4) is 0 Å². The van der Waals surface area contributed by atoms with Crippen LogP contribution in [0, 0.1) is 17.7 Å². The summed E-state index contributed by atoms with van der Waals surface area (Å²) in [4.78, 5) is 17.5. The quantitative estimate of drug-likeness (QED) is 0.928. The van der Waals surface area contributed by atoms with Gasteiger partial charge >= 0.3 is 0 Å². The van der Waals surface area contributed by atoms with Gasteiger partial charge in [0.1, 0.15) is 5.82 Å². The van der Waals surface area contributed by atoms with Crippen LogP contribution in [0.2, 0.25) is 0 Å². The molecule has 1 aromatic heterocycles. The van der Waals surface area contributed by atoms with Crippen LogP contribution >= 0.6 is 0 Å². The van der Waals surface area contributed by atoms with Gasteiger partial charge in [0.25, 0.3) is 0 Å². The Bertz CT molecular complexity index is 722. The van der Waals surface area contributed by atoms with Gasteiger partial charge in [-0.3, -0.25) is 9.78 Å². The second-order valence-electron chi connectivity index (χ2n) is 6.82. The van der Waals surface area contributed by atoms with E-state index in [-0.39, 0.29) is 5.82 Å². The van der Waals surface area contributed by atoms with Gasteiger partial charge in [0.05, 0.1) is 11.3 Å². The van der Waals surface area contributed by atoms with E-state index in [0.29, 0.717) is 16.8 Å². The molecule has 2 aromatic rings. The Hall–Kier alpha value is -2.27. The molecular formula is C20H24FN3O. The Labute approximate surface area is 147 Å². The number of aromatic nitrogens is 1. The SMILES string of the molecule is CCCN1CC2CC2C1.NC(=O)c1ccc(-c2cccc(F)c2)nc1. The van der Waals surface area contributed by atoms with Gasteiger partial charge in [-0.25, -0.2) is 4.39 Å². The zero-order chi connectivity index (χ0) is 17.8. The molecule has 0 bridgehead atoms. The molecule has 5 heteroatoms. The van der Waals surface area contributed by atoms with Crippen molar-refractivity contribution in [1.29, 1.82) is 0 Å². The third-order valence-corrected chi connectivity index (χ3v) is 4.76. The number of piperidine rings is 1. The molecule has 1 aliphatic heterocycles. The predicted molar refractivity (Wildman–Crippen MR) is 96.5 cm³/mol. The van der Waals surface area contributed by atoms with Gasteiger partial charge < -0.3 is 10.6 Å². The zero-order valence-corrected chi connectivity index (χ0v) is 14.5. The van der Waals surface area contributed by atoms with Crippen LogP contribution < -0.4 is 5.73 Å². The molecule has 132 valence electrons. The molecule has 2 aliphatic rings. The summed E-state index contributed by atoms with van der Waals surface area (Å²) < 4.78 is 13.0. The fourth-order valence-corrected chi connectivity index (χ4v) is 3.35. The molecule has 2 N–H and O–H groups in total. The van der Waals surface area contributed by atoms with Gasteiger partial charge in [0.15, 0.2) is 0 Å². The lowest BCUT2D eigenvalue weighted by Gasteiger charge is -2.14. The van der Waals surface area contributed by atoms with Gasteiger partial charge in [-0.05, 0) is 55.5 Å². The fraction of sp³-hybridized carbons (Fsp3) is 0.400. The van der Waals surface area contributed by atoms with Gasteiger partial charge in [-0.2, -0.15) is 0 Å². The number of amides is 1. The number of pyridine rings is 1. The first-order valence-corrected chi connectivity index (χ1v) is 8.81. The smallest absolute Gasteiger partial charge is 0.250 e. The summed E-state index contributed by atoms with van der Waals surface area (Å²) in [6, 6.07) is 9.29. The molecular weight excluding hydrogens is 317 g/mol. The summed E-state index contributed by atoms with van der Waals surface area (Å²) >= 11 is 0. The van der Waals surface area contributed by atoms with Crippen molar-refractivity contribution in [1.82, 2.24) is 9.88 Å². The van der Waals surface area contributed by atoms with Crippen LogP contribution in [0.5, 0.6) is 0 Å². The molecule has 0 radical (unpaired) electrons. The minimum absolute atomic E-state index is 0.321. The number of nitrogens with zero attached hydrogens (tertiary/aromatic N) is 2. The van der Waals surface area contributed by atoms with Gasteiger partial charge in [0.2, 0.25) is 5.91 Å². The van der Waals surface area contributed by atoms with Crippen LogP contribution in [-0.4, -0.2) is 35.4 Å². The lowest BCUT2D eigenvalue weighted by molar-refractivity contribution is 0.1000. The average molecular weight is 341 g/mol. The maximum atomic E-state index is 13.0. The number of hydrogen-bond donors (Lipinski definition) is 1. The molecule has 25 heavy (non-hydrogen) atoms. The monoisotopic (exact) mass is 341 g/mol. The van der Waals surface area contributed by atoms with Crippen molar-refractivity contribution in [3.05, 3.63) is 54.0 Å². The number of benzene rings is 1. The molecule has 2 heterocycles. The average Bonchev–Trinajstić information content (AvgIpc) is 3.22. The second kappa shape index (κ2) is 7.74. The number of fused-ring (bicyclic) bond motifs is 1. The predicted octanol–water partition coefficient (Wildman–Crippen LogP) is 3.33. The lowest BCUT2D eigenvalue weighted by Crippen LogP contribution is -2.23. The molecule has 1 saturated carbocycles. The fourth-order valence-electron chi connectivity index (χ4n) is 3.35. The van der Waals surface area contributed by atoms with Crippen LogP contribution in [0.15, 0.2) is 42.6 Å². The van der Waals surface area contributed by atoms with Crippen molar-refractivity contribution in [3.8, 4) is 11.3 Å². The third-order valence-electron chi connectivity index (χ3n) is 4.76. The topological polar surface area (TPSA) is 59.2 Å². The van der Waals surface area contributed by atoms with Crippen LogP contribution in [0.25, 0.3) is 11.3 Å². The third kappa shape index (κ3) is 4.63. The van der Waals surface area contributed by atoms with Crippen molar-refractivity contribution in [3.63, 3.8) is 0 Å². The van der Waals surface area contributed by atoms with E-state index in [2.05, 4.69) is 16.8 Å². The maximum Gasteiger partial charge on any atom is 0.250 e. The summed E-state index contributed by atoms with van der Waals surface area (Å²) in [6.45, 7) is 6.44. The minimum atomic E-state index is -0.529. The maximum absolute atomic E-state index is 13.0. The van der Waals surface area contributed by atoms with Crippen molar-refractivity contribution in [2.24, 2.45) is 17.6 Å². The Morgan fingerprint density at radius 1 is 1.28 bits per heavy atom. The van der Waals surface area contributed by atoms with E-state index in [9.17, 15) is 9.18 Å². The molecule has 1 aliphatic carbocycles. The highest BCUT2D eigenvalue weighted by Gasteiger charge is 2.44. The molecule has 2 unspecified atom stereocenters. The van der Waals surface area contributed by atoms with Gasteiger partial charge in [0, 0.05) is 24.8 Å². The number of halogens is 1. The number of likely N-dealkylation sites (tertiary alicyclic amines) is 1. The lowest BCUT2D eigenvalue weighted by atomic mass is 10.1. The number of rotatable bonds is 4. The van der Waals surface area contributed by atoms with Crippen molar-refractivity contribution >= 4 is 5.91 Å². The standard InChI is InChI=1S/C12H9FN2O.C8H15N/c13-10-3-1-2-8(6-10)11-5-4-9(7-15-11)12(14)16;1-2-3-9-5-7-4-8(7)6-9/h1-7H,(H2,14,16);7-8H,2-6H2,1H3. The van der Waals surface area contributed by atoms with Crippen molar-refractivity contribution in [2.75, 3.05) is 19.6 Å². The normalized spacial score (nSPS) is 21.2. The zero-order valence-electron chi connectivity index (χ0n) is 14.5. The van der Waals surface area contributed by atoms with E-state index in [1.54, 1.807) is 30.7 Å². The molecule has 4 rings (SSSR count). The Balaban J connectivity index is 0.000000170. The first kappa shape index (κ1) is 17.5.